The maximum absolute atomic E-state index is 12.1. The quantitative estimate of drug-likeness (QED) is 0.505. The molecular weight excluding hydrogens is 376 g/mol. The zero-order valence-electron chi connectivity index (χ0n) is 12.3. The lowest BCUT2D eigenvalue weighted by atomic mass is 10.1. The Hall–Kier alpha value is -2.73. The van der Waals surface area contributed by atoms with Crippen molar-refractivity contribution in [3.05, 3.63) is 80.6 Å². The molecule has 0 bridgehead atoms. The maximum atomic E-state index is 12.1. The van der Waals surface area contributed by atoms with Crippen molar-refractivity contribution in [3.63, 3.8) is 0 Å². The van der Waals surface area contributed by atoms with Crippen LogP contribution in [0.1, 0.15) is 20.9 Å². The molecule has 0 saturated carbocycles. The van der Waals surface area contributed by atoms with Crippen LogP contribution in [0.25, 0.3) is 11.0 Å². The first-order valence-electron chi connectivity index (χ1n) is 7.04. The molecule has 6 heteroatoms. The number of fused-ring (bicyclic) bond motifs is 1. The predicted molar refractivity (Wildman–Crippen MR) is 91.2 cm³/mol. The van der Waals surface area contributed by atoms with Crippen molar-refractivity contribution in [2.45, 2.75) is 0 Å². The Morgan fingerprint density at radius 1 is 1.04 bits per heavy atom. The van der Waals surface area contributed by atoms with Gasteiger partial charge in [0.1, 0.15) is 5.58 Å². The Kier molecular flexibility index (Phi) is 4.57. The third-order valence-electron chi connectivity index (χ3n) is 3.34. The minimum atomic E-state index is -0.863. The van der Waals surface area contributed by atoms with E-state index in [1.165, 1.54) is 0 Å². The molecular formula is C18H11BrO5. The third kappa shape index (κ3) is 3.28. The Labute approximate surface area is 145 Å². The number of ether oxygens (including phenoxy) is 1. The Bertz CT molecular complexity index is 990. The fourth-order valence-corrected chi connectivity index (χ4v) is 2.68. The highest BCUT2D eigenvalue weighted by Gasteiger charge is 2.17. The molecule has 0 radical (unpaired) electrons. The molecule has 0 amide bonds. The van der Waals surface area contributed by atoms with Crippen molar-refractivity contribution < 1.29 is 18.7 Å². The summed E-state index contributed by atoms with van der Waals surface area (Å²) >= 11 is 3.26. The molecule has 0 spiro atoms. The first kappa shape index (κ1) is 16.1. The molecule has 0 unspecified atom stereocenters. The number of para-hydroxylation sites is 1. The zero-order valence-corrected chi connectivity index (χ0v) is 13.9. The summed E-state index contributed by atoms with van der Waals surface area (Å²) in [6.07, 6.45) is 0. The molecule has 1 heterocycles. The van der Waals surface area contributed by atoms with Gasteiger partial charge in [-0.05, 0) is 18.2 Å². The van der Waals surface area contributed by atoms with Crippen LogP contribution < -0.4 is 5.43 Å². The van der Waals surface area contributed by atoms with Crippen LogP contribution in [0.3, 0.4) is 0 Å². The van der Waals surface area contributed by atoms with Gasteiger partial charge >= 0.3 is 5.97 Å². The van der Waals surface area contributed by atoms with Gasteiger partial charge in [0.2, 0.25) is 11.5 Å². The van der Waals surface area contributed by atoms with E-state index >= 15 is 0 Å². The van der Waals surface area contributed by atoms with Crippen LogP contribution in [-0.2, 0) is 4.74 Å². The monoisotopic (exact) mass is 386 g/mol. The molecule has 0 atom stereocenters. The van der Waals surface area contributed by atoms with Crippen molar-refractivity contribution in [3.8, 4) is 0 Å². The third-order valence-corrected chi connectivity index (χ3v) is 4.04. The van der Waals surface area contributed by atoms with Crippen LogP contribution in [0.2, 0.25) is 0 Å². The van der Waals surface area contributed by atoms with E-state index in [0.717, 1.165) is 6.07 Å². The van der Waals surface area contributed by atoms with Crippen molar-refractivity contribution in [2.75, 3.05) is 6.61 Å². The van der Waals surface area contributed by atoms with Gasteiger partial charge in [-0.15, -0.1) is 0 Å². The van der Waals surface area contributed by atoms with E-state index in [1.807, 2.05) is 0 Å². The molecule has 5 nitrogen and oxygen atoms in total. The largest absolute Gasteiger partial charge is 0.451 e. The zero-order chi connectivity index (χ0) is 17.1. The summed E-state index contributed by atoms with van der Waals surface area (Å²) in [5, 5.41) is 0.373. The van der Waals surface area contributed by atoms with Gasteiger partial charge in [-0.2, -0.15) is 0 Å². The molecule has 0 N–H and O–H groups in total. The Balaban J connectivity index is 1.77. The summed E-state index contributed by atoms with van der Waals surface area (Å²) in [5.74, 6) is -1.46. The van der Waals surface area contributed by atoms with E-state index in [4.69, 9.17) is 9.15 Å². The van der Waals surface area contributed by atoms with Gasteiger partial charge in [0.15, 0.2) is 12.0 Å². The molecule has 3 rings (SSSR count). The first-order valence-corrected chi connectivity index (χ1v) is 7.83. The number of Topliss-reactive ketones (excluding diaryl/α,β-unsaturated/α-hetero) is 1. The van der Waals surface area contributed by atoms with Crippen LogP contribution in [0.15, 0.2) is 68.3 Å². The highest BCUT2D eigenvalue weighted by atomic mass is 79.9. The van der Waals surface area contributed by atoms with E-state index in [9.17, 15) is 14.4 Å². The van der Waals surface area contributed by atoms with Crippen LogP contribution in [0.5, 0.6) is 0 Å². The lowest BCUT2D eigenvalue weighted by Gasteiger charge is -2.06. The van der Waals surface area contributed by atoms with Crippen molar-refractivity contribution in [1.29, 1.82) is 0 Å². The van der Waals surface area contributed by atoms with Crippen molar-refractivity contribution in [2.24, 2.45) is 0 Å². The average Bonchev–Trinajstić information content (AvgIpc) is 2.59. The van der Waals surface area contributed by atoms with Crippen LogP contribution in [0, 0.1) is 0 Å². The summed E-state index contributed by atoms with van der Waals surface area (Å²) in [6, 6.07) is 14.5. The van der Waals surface area contributed by atoms with Gasteiger partial charge in [0.25, 0.3) is 0 Å². The number of ketones is 1. The number of esters is 1. The van der Waals surface area contributed by atoms with E-state index in [2.05, 4.69) is 15.9 Å². The number of rotatable bonds is 4. The normalized spacial score (nSPS) is 10.5. The topological polar surface area (TPSA) is 73.6 Å². The number of hydrogen-bond acceptors (Lipinski definition) is 5. The summed E-state index contributed by atoms with van der Waals surface area (Å²) in [6.45, 7) is -0.446. The van der Waals surface area contributed by atoms with Gasteiger partial charge in [0.05, 0.1) is 5.39 Å². The van der Waals surface area contributed by atoms with Crippen molar-refractivity contribution in [1.82, 2.24) is 0 Å². The molecule has 0 saturated heterocycles. The molecule has 1 aromatic heterocycles. The SMILES string of the molecule is O=C(OCC(=O)c1ccccc1Br)c1cc(=O)c2ccccc2o1. The van der Waals surface area contributed by atoms with Crippen LogP contribution >= 0.6 is 15.9 Å². The van der Waals surface area contributed by atoms with E-state index in [0.29, 0.717) is 15.4 Å². The second-order valence-electron chi connectivity index (χ2n) is 4.95. The molecule has 0 aliphatic rings. The van der Waals surface area contributed by atoms with Crippen LogP contribution in [0.4, 0.5) is 0 Å². The van der Waals surface area contributed by atoms with Gasteiger partial charge in [0, 0.05) is 16.1 Å². The summed E-state index contributed by atoms with van der Waals surface area (Å²) in [5.41, 5.74) is 0.347. The van der Waals surface area contributed by atoms with E-state index in [-0.39, 0.29) is 22.6 Å². The number of benzene rings is 2. The second-order valence-corrected chi connectivity index (χ2v) is 5.80. The average molecular weight is 387 g/mol. The summed E-state index contributed by atoms with van der Waals surface area (Å²) < 4.78 is 10.9. The van der Waals surface area contributed by atoms with Crippen LogP contribution in [-0.4, -0.2) is 18.4 Å². The number of halogens is 1. The lowest BCUT2D eigenvalue weighted by molar-refractivity contribution is 0.0444. The number of carbonyl (C=O) groups is 2. The molecule has 120 valence electrons. The first-order chi connectivity index (χ1) is 11.6. The summed E-state index contributed by atoms with van der Waals surface area (Å²) in [7, 11) is 0. The smallest absolute Gasteiger partial charge is 0.374 e. The fraction of sp³-hybridized carbons (Fsp3) is 0.0556. The molecule has 0 aliphatic carbocycles. The Morgan fingerprint density at radius 2 is 1.75 bits per heavy atom. The molecule has 0 fully saturated rings. The molecule has 3 aromatic rings. The van der Waals surface area contributed by atoms with Gasteiger partial charge in [-0.1, -0.05) is 46.3 Å². The second kappa shape index (κ2) is 6.80. The highest BCUT2D eigenvalue weighted by Crippen LogP contribution is 2.17. The molecule has 24 heavy (non-hydrogen) atoms. The maximum Gasteiger partial charge on any atom is 0.374 e. The molecule has 2 aromatic carbocycles. The number of carbonyl (C=O) groups excluding carboxylic acids is 2. The Morgan fingerprint density at radius 3 is 2.54 bits per heavy atom. The minimum Gasteiger partial charge on any atom is -0.451 e. The van der Waals surface area contributed by atoms with Gasteiger partial charge in [-0.3, -0.25) is 9.59 Å². The van der Waals surface area contributed by atoms with E-state index in [1.54, 1.807) is 48.5 Å². The lowest BCUT2D eigenvalue weighted by Crippen LogP contribution is -2.16. The highest BCUT2D eigenvalue weighted by molar-refractivity contribution is 9.10. The predicted octanol–water partition coefficient (Wildman–Crippen LogP) is 3.60. The molecule has 0 aliphatic heterocycles. The minimum absolute atomic E-state index is 0.237. The summed E-state index contributed by atoms with van der Waals surface area (Å²) in [4.78, 5) is 36.1. The van der Waals surface area contributed by atoms with Gasteiger partial charge < -0.3 is 9.15 Å². The fourth-order valence-electron chi connectivity index (χ4n) is 2.17. The van der Waals surface area contributed by atoms with Crippen molar-refractivity contribution >= 4 is 38.7 Å². The van der Waals surface area contributed by atoms with E-state index < -0.39 is 12.6 Å². The van der Waals surface area contributed by atoms with Gasteiger partial charge in [-0.25, -0.2) is 4.79 Å². The standard InChI is InChI=1S/C18H11BrO5/c19-13-7-3-1-5-11(13)15(21)10-23-18(22)17-9-14(20)12-6-2-4-8-16(12)24-17/h1-9H,10H2. The number of hydrogen-bond donors (Lipinski definition) is 0.